The van der Waals surface area contributed by atoms with Gasteiger partial charge in [-0.1, -0.05) is 24.3 Å². The third-order valence-electron chi connectivity index (χ3n) is 3.33. The van der Waals surface area contributed by atoms with Crippen LogP contribution in [0.15, 0.2) is 42.7 Å². The van der Waals surface area contributed by atoms with E-state index in [0.717, 1.165) is 12.0 Å². The molecule has 0 aliphatic carbocycles. The van der Waals surface area contributed by atoms with Crippen molar-refractivity contribution in [1.29, 1.82) is 0 Å². The SMILES string of the molecule is Cc1ccccc1C[C@@H](C)NC(=O)/C=C\c1cnn(C)c1. The molecule has 1 N–H and O–H groups in total. The summed E-state index contributed by atoms with van der Waals surface area (Å²) in [6.45, 7) is 4.11. The van der Waals surface area contributed by atoms with Crippen molar-refractivity contribution < 1.29 is 4.79 Å². The van der Waals surface area contributed by atoms with Crippen LogP contribution in [-0.4, -0.2) is 21.7 Å². The molecule has 1 aromatic carbocycles. The molecule has 0 spiro atoms. The van der Waals surface area contributed by atoms with Gasteiger partial charge in [0, 0.05) is 30.9 Å². The van der Waals surface area contributed by atoms with Gasteiger partial charge in [0.2, 0.25) is 5.91 Å². The summed E-state index contributed by atoms with van der Waals surface area (Å²) in [5.41, 5.74) is 3.44. The van der Waals surface area contributed by atoms with Crippen molar-refractivity contribution in [2.24, 2.45) is 7.05 Å². The van der Waals surface area contributed by atoms with Gasteiger partial charge >= 0.3 is 0 Å². The highest BCUT2D eigenvalue weighted by molar-refractivity contribution is 5.91. The quantitative estimate of drug-likeness (QED) is 0.857. The molecular formula is C17H21N3O. The van der Waals surface area contributed by atoms with Crippen LogP contribution >= 0.6 is 0 Å². The normalized spacial score (nSPS) is 12.5. The molecule has 4 heteroatoms. The highest BCUT2D eigenvalue weighted by atomic mass is 16.1. The van der Waals surface area contributed by atoms with Crippen molar-refractivity contribution in [2.75, 3.05) is 0 Å². The fourth-order valence-electron chi connectivity index (χ4n) is 2.21. The van der Waals surface area contributed by atoms with E-state index in [1.807, 2.05) is 32.3 Å². The van der Waals surface area contributed by atoms with E-state index in [2.05, 4.69) is 29.5 Å². The van der Waals surface area contributed by atoms with Crippen LogP contribution in [0.4, 0.5) is 0 Å². The number of benzene rings is 1. The molecule has 0 aliphatic rings. The molecule has 1 aromatic heterocycles. The van der Waals surface area contributed by atoms with Crippen LogP contribution in [0.2, 0.25) is 0 Å². The van der Waals surface area contributed by atoms with Crippen LogP contribution in [0.5, 0.6) is 0 Å². The minimum absolute atomic E-state index is 0.0834. The molecule has 1 atom stereocenters. The van der Waals surface area contributed by atoms with Gasteiger partial charge in [-0.15, -0.1) is 0 Å². The molecule has 0 saturated heterocycles. The van der Waals surface area contributed by atoms with E-state index in [4.69, 9.17) is 0 Å². The van der Waals surface area contributed by atoms with Gasteiger partial charge in [-0.2, -0.15) is 5.10 Å². The molecule has 110 valence electrons. The molecule has 0 bridgehead atoms. The van der Waals surface area contributed by atoms with E-state index in [9.17, 15) is 4.79 Å². The van der Waals surface area contributed by atoms with Crippen LogP contribution in [0.3, 0.4) is 0 Å². The summed E-state index contributed by atoms with van der Waals surface area (Å²) in [7, 11) is 1.85. The average Bonchev–Trinajstić information content (AvgIpc) is 2.85. The number of aryl methyl sites for hydroxylation is 2. The first kappa shape index (κ1) is 15.0. The molecule has 1 heterocycles. The number of carbonyl (C=O) groups is 1. The van der Waals surface area contributed by atoms with Crippen LogP contribution in [-0.2, 0) is 18.3 Å². The van der Waals surface area contributed by atoms with Crippen molar-refractivity contribution in [1.82, 2.24) is 15.1 Å². The summed E-state index contributed by atoms with van der Waals surface area (Å²) in [5.74, 6) is -0.0834. The fourth-order valence-corrected chi connectivity index (χ4v) is 2.21. The second-order valence-corrected chi connectivity index (χ2v) is 5.32. The van der Waals surface area contributed by atoms with Crippen molar-refractivity contribution in [2.45, 2.75) is 26.3 Å². The summed E-state index contributed by atoms with van der Waals surface area (Å²) in [4.78, 5) is 11.9. The number of nitrogens with one attached hydrogen (secondary N) is 1. The summed E-state index contributed by atoms with van der Waals surface area (Å²) >= 11 is 0. The topological polar surface area (TPSA) is 46.9 Å². The Bertz CT molecular complexity index is 643. The smallest absolute Gasteiger partial charge is 0.244 e. The molecule has 2 aromatic rings. The van der Waals surface area contributed by atoms with Crippen molar-refractivity contribution in [3.63, 3.8) is 0 Å². The third kappa shape index (κ3) is 4.60. The lowest BCUT2D eigenvalue weighted by Crippen LogP contribution is -2.32. The second kappa shape index (κ2) is 6.88. The van der Waals surface area contributed by atoms with E-state index in [0.29, 0.717) is 0 Å². The lowest BCUT2D eigenvalue weighted by molar-refractivity contribution is -0.117. The number of rotatable bonds is 5. The van der Waals surface area contributed by atoms with Gasteiger partial charge in [0.1, 0.15) is 0 Å². The van der Waals surface area contributed by atoms with Crippen LogP contribution in [0, 0.1) is 6.92 Å². The Morgan fingerprint density at radius 1 is 1.43 bits per heavy atom. The van der Waals surface area contributed by atoms with Crippen LogP contribution in [0.25, 0.3) is 6.08 Å². The molecule has 0 saturated carbocycles. The van der Waals surface area contributed by atoms with E-state index in [-0.39, 0.29) is 11.9 Å². The fraction of sp³-hybridized carbons (Fsp3) is 0.294. The maximum atomic E-state index is 11.9. The summed E-state index contributed by atoms with van der Waals surface area (Å²) in [6, 6.07) is 8.34. The minimum atomic E-state index is -0.0834. The number of hydrogen-bond donors (Lipinski definition) is 1. The van der Waals surface area contributed by atoms with Gasteiger partial charge in [-0.25, -0.2) is 0 Å². The summed E-state index contributed by atoms with van der Waals surface area (Å²) in [5, 5.41) is 7.03. The number of amides is 1. The zero-order chi connectivity index (χ0) is 15.2. The lowest BCUT2D eigenvalue weighted by atomic mass is 10.0. The average molecular weight is 283 g/mol. The number of carbonyl (C=O) groups excluding carboxylic acids is 1. The van der Waals surface area contributed by atoms with Gasteiger partial charge in [0.25, 0.3) is 0 Å². The Hall–Kier alpha value is -2.36. The Labute approximate surface area is 125 Å². The second-order valence-electron chi connectivity index (χ2n) is 5.32. The van der Waals surface area contributed by atoms with Gasteiger partial charge < -0.3 is 5.32 Å². The zero-order valence-electron chi connectivity index (χ0n) is 12.7. The molecule has 0 unspecified atom stereocenters. The Morgan fingerprint density at radius 2 is 2.19 bits per heavy atom. The predicted octanol–water partition coefficient (Wildman–Crippen LogP) is 2.49. The van der Waals surface area contributed by atoms with Crippen molar-refractivity contribution in [3.8, 4) is 0 Å². The predicted molar refractivity (Wildman–Crippen MR) is 84.7 cm³/mol. The first-order valence-electron chi connectivity index (χ1n) is 7.06. The molecular weight excluding hydrogens is 262 g/mol. The van der Waals surface area contributed by atoms with Crippen molar-refractivity contribution in [3.05, 3.63) is 59.4 Å². The van der Waals surface area contributed by atoms with Gasteiger partial charge in [-0.3, -0.25) is 9.48 Å². The van der Waals surface area contributed by atoms with E-state index >= 15 is 0 Å². The Balaban J connectivity index is 1.87. The molecule has 0 aliphatic heterocycles. The Kier molecular flexibility index (Phi) is 4.93. The summed E-state index contributed by atoms with van der Waals surface area (Å²) in [6.07, 6.45) is 7.73. The van der Waals surface area contributed by atoms with E-state index in [1.54, 1.807) is 23.0 Å². The highest BCUT2D eigenvalue weighted by Crippen LogP contribution is 2.09. The maximum absolute atomic E-state index is 11.9. The third-order valence-corrected chi connectivity index (χ3v) is 3.33. The minimum Gasteiger partial charge on any atom is -0.350 e. The molecule has 0 fully saturated rings. The molecule has 21 heavy (non-hydrogen) atoms. The van der Waals surface area contributed by atoms with E-state index < -0.39 is 0 Å². The largest absolute Gasteiger partial charge is 0.350 e. The molecule has 4 nitrogen and oxygen atoms in total. The van der Waals surface area contributed by atoms with Gasteiger partial charge in [0.15, 0.2) is 0 Å². The van der Waals surface area contributed by atoms with Crippen molar-refractivity contribution >= 4 is 12.0 Å². The Morgan fingerprint density at radius 3 is 2.86 bits per heavy atom. The standard InChI is InChI=1S/C17H21N3O/c1-13-6-4-5-7-16(13)10-14(2)19-17(21)9-8-15-11-18-20(3)12-15/h4-9,11-12,14H,10H2,1-3H3,(H,19,21)/b9-8-/t14-/m1/s1. The highest BCUT2D eigenvalue weighted by Gasteiger charge is 2.07. The first-order chi connectivity index (χ1) is 10.0. The number of aromatic nitrogens is 2. The lowest BCUT2D eigenvalue weighted by Gasteiger charge is -2.14. The number of hydrogen-bond acceptors (Lipinski definition) is 2. The molecule has 2 rings (SSSR count). The van der Waals surface area contributed by atoms with E-state index in [1.165, 1.54) is 11.1 Å². The first-order valence-corrected chi connectivity index (χ1v) is 7.06. The zero-order valence-corrected chi connectivity index (χ0v) is 12.7. The van der Waals surface area contributed by atoms with Gasteiger partial charge in [-0.05, 0) is 37.5 Å². The van der Waals surface area contributed by atoms with Gasteiger partial charge in [0.05, 0.1) is 6.20 Å². The van der Waals surface area contributed by atoms with Crippen LogP contribution < -0.4 is 5.32 Å². The monoisotopic (exact) mass is 283 g/mol. The maximum Gasteiger partial charge on any atom is 0.244 e. The summed E-state index contributed by atoms with van der Waals surface area (Å²) < 4.78 is 1.71. The molecule has 0 radical (unpaired) electrons. The molecule has 1 amide bonds. The van der Waals surface area contributed by atoms with Crippen LogP contribution in [0.1, 0.15) is 23.6 Å². The number of nitrogens with zero attached hydrogens (tertiary/aromatic N) is 2.